The molecule has 0 bridgehead atoms. The summed E-state index contributed by atoms with van der Waals surface area (Å²) < 4.78 is 10.6. The maximum atomic E-state index is 5.37. The summed E-state index contributed by atoms with van der Waals surface area (Å²) in [4.78, 5) is 0. The molecule has 0 spiro atoms. The minimum absolute atomic E-state index is 0.106. The van der Waals surface area contributed by atoms with Gasteiger partial charge in [0.2, 0.25) is 0 Å². The first kappa shape index (κ1) is 11.8. The molecule has 1 aliphatic rings. The lowest BCUT2D eigenvalue weighted by Gasteiger charge is -2.40. The molecule has 0 saturated carbocycles. The summed E-state index contributed by atoms with van der Waals surface area (Å²) in [5.74, 6) is 0.955. The smallest absolute Gasteiger partial charge is 0.122 e. The molecule has 88 valence electrons. The van der Waals surface area contributed by atoms with Gasteiger partial charge in [0, 0.05) is 0 Å². The fraction of sp³-hybridized carbons (Fsp3) is 0.538. The highest BCUT2D eigenvalue weighted by molar-refractivity contribution is 7.81. The van der Waals surface area contributed by atoms with Crippen LogP contribution in [-0.2, 0) is 9.48 Å². The maximum absolute atomic E-state index is 5.37. The zero-order chi connectivity index (χ0) is 11.9. The first-order chi connectivity index (χ1) is 7.49. The molecule has 0 atom stereocenters. The minimum Gasteiger partial charge on any atom is -0.496 e. The van der Waals surface area contributed by atoms with Crippen LogP contribution in [0, 0.1) is 20.8 Å². The maximum Gasteiger partial charge on any atom is 0.122 e. The van der Waals surface area contributed by atoms with E-state index < -0.39 is 0 Å². The molecule has 1 aromatic carbocycles. The summed E-state index contributed by atoms with van der Waals surface area (Å²) in [5.41, 5.74) is 5.01. The van der Waals surface area contributed by atoms with Crippen molar-refractivity contribution in [3.8, 4) is 5.75 Å². The molecule has 1 fully saturated rings. The summed E-state index contributed by atoms with van der Waals surface area (Å²) in [6.07, 6.45) is 0. The van der Waals surface area contributed by atoms with Gasteiger partial charge < -0.3 is 9.47 Å². The zero-order valence-corrected chi connectivity index (χ0v) is 11.1. The second-order valence-corrected chi connectivity index (χ2v) is 5.40. The van der Waals surface area contributed by atoms with Gasteiger partial charge in [0.05, 0.1) is 25.1 Å². The quantitative estimate of drug-likeness (QED) is 0.799. The molecule has 2 nitrogen and oxygen atoms in total. The van der Waals surface area contributed by atoms with Crippen molar-refractivity contribution in [2.45, 2.75) is 25.5 Å². The SMILES string of the molecule is COc1cc(C)c(C2(S)COC2)c(C)c1C. The van der Waals surface area contributed by atoms with Crippen LogP contribution in [0.2, 0.25) is 0 Å². The Kier molecular flexibility index (Phi) is 2.93. The first-order valence-electron chi connectivity index (χ1n) is 5.45. The molecule has 2 rings (SSSR count). The van der Waals surface area contributed by atoms with Crippen molar-refractivity contribution in [2.75, 3.05) is 20.3 Å². The van der Waals surface area contributed by atoms with E-state index in [4.69, 9.17) is 22.1 Å². The second kappa shape index (κ2) is 3.97. The van der Waals surface area contributed by atoms with E-state index in [2.05, 4.69) is 26.8 Å². The van der Waals surface area contributed by atoms with Crippen molar-refractivity contribution in [3.63, 3.8) is 0 Å². The standard InChI is InChI=1S/C13H18O2S/c1-8-5-11(14-4)9(2)10(3)12(8)13(16)6-15-7-13/h5,16H,6-7H2,1-4H3. The molecular formula is C13H18O2S. The Labute approximate surface area is 102 Å². The normalized spacial score (nSPS) is 18.1. The van der Waals surface area contributed by atoms with Gasteiger partial charge in [-0.15, -0.1) is 0 Å². The van der Waals surface area contributed by atoms with Crippen LogP contribution in [-0.4, -0.2) is 20.3 Å². The number of methoxy groups -OCH3 is 1. The van der Waals surface area contributed by atoms with Gasteiger partial charge in [0.1, 0.15) is 5.75 Å². The van der Waals surface area contributed by atoms with Gasteiger partial charge in [-0.1, -0.05) is 0 Å². The zero-order valence-electron chi connectivity index (χ0n) is 10.3. The Bertz CT molecular complexity index is 422. The molecule has 0 aliphatic carbocycles. The van der Waals surface area contributed by atoms with E-state index in [1.54, 1.807) is 7.11 Å². The third-order valence-corrected chi connectivity index (χ3v) is 3.90. The third-order valence-electron chi connectivity index (χ3n) is 3.42. The Morgan fingerprint density at radius 1 is 1.25 bits per heavy atom. The number of hydrogen-bond donors (Lipinski definition) is 1. The van der Waals surface area contributed by atoms with Gasteiger partial charge in [-0.25, -0.2) is 0 Å². The van der Waals surface area contributed by atoms with E-state index in [0.29, 0.717) is 13.2 Å². The van der Waals surface area contributed by atoms with Crippen LogP contribution in [0.5, 0.6) is 5.75 Å². The molecule has 3 heteroatoms. The van der Waals surface area contributed by atoms with E-state index in [-0.39, 0.29) is 4.75 Å². The van der Waals surface area contributed by atoms with Crippen LogP contribution >= 0.6 is 12.6 Å². The summed E-state index contributed by atoms with van der Waals surface area (Å²) in [7, 11) is 1.71. The molecule has 0 N–H and O–H groups in total. The van der Waals surface area contributed by atoms with Crippen molar-refractivity contribution in [1.82, 2.24) is 0 Å². The molecule has 1 heterocycles. The number of thiol groups is 1. The average Bonchev–Trinajstić information content (AvgIpc) is 2.21. The summed E-state index contributed by atoms with van der Waals surface area (Å²) >= 11 is 4.75. The lowest BCUT2D eigenvalue weighted by molar-refractivity contribution is -0.0103. The van der Waals surface area contributed by atoms with Gasteiger partial charge in [-0.05, 0) is 49.1 Å². The van der Waals surface area contributed by atoms with Crippen LogP contribution in [0.4, 0.5) is 0 Å². The van der Waals surface area contributed by atoms with Crippen molar-refractivity contribution in [1.29, 1.82) is 0 Å². The molecular weight excluding hydrogens is 220 g/mol. The fourth-order valence-electron chi connectivity index (χ4n) is 2.41. The van der Waals surface area contributed by atoms with Crippen LogP contribution in [0.3, 0.4) is 0 Å². The lowest BCUT2D eigenvalue weighted by Crippen LogP contribution is -2.43. The Morgan fingerprint density at radius 3 is 2.31 bits per heavy atom. The van der Waals surface area contributed by atoms with Gasteiger partial charge >= 0.3 is 0 Å². The topological polar surface area (TPSA) is 18.5 Å². The van der Waals surface area contributed by atoms with Crippen molar-refractivity contribution in [3.05, 3.63) is 28.3 Å². The summed E-state index contributed by atoms with van der Waals surface area (Å²) in [6.45, 7) is 7.73. The molecule has 1 saturated heterocycles. The highest BCUT2D eigenvalue weighted by Crippen LogP contribution is 2.42. The monoisotopic (exact) mass is 238 g/mol. The molecule has 16 heavy (non-hydrogen) atoms. The number of benzene rings is 1. The van der Waals surface area contributed by atoms with E-state index >= 15 is 0 Å². The first-order valence-corrected chi connectivity index (χ1v) is 5.90. The van der Waals surface area contributed by atoms with Gasteiger partial charge in [-0.2, -0.15) is 12.6 Å². The molecule has 0 aromatic heterocycles. The lowest BCUT2D eigenvalue weighted by atomic mass is 9.86. The van der Waals surface area contributed by atoms with Crippen LogP contribution < -0.4 is 4.74 Å². The fourth-order valence-corrected chi connectivity index (χ4v) is 2.94. The number of hydrogen-bond acceptors (Lipinski definition) is 3. The highest BCUT2D eigenvalue weighted by atomic mass is 32.1. The Balaban J connectivity index is 2.58. The molecule has 0 unspecified atom stereocenters. The second-order valence-electron chi connectivity index (χ2n) is 4.55. The molecule has 1 aromatic rings. The predicted octanol–water partition coefficient (Wildman–Crippen LogP) is 2.78. The number of aryl methyl sites for hydroxylation is 1. The third kappa shape index (κ3) is 1.62. The van der Waals surface area contributed by atoms with E-state index in [1.165, 1.54) is 22.3 Å². The molecule has 0 radical (unpaired) electrons. The number of ether oxygens (including phenoxy) is 2. The van der Waals surface area contributed by atoms with Crippen molar-refractivity contribution in [2.24, 2.45) is 0 Å². The van der Waals surface area contributed by atoms with Gasteiger partial charge in [0.25, 0.3) is 0 Å². The minimum atomic E-state index is -0.106. The van der Waals surface area contributed by atoms with Crippen molar-refractivity contribution < 1.29 is 9.47 Å². The Morgan fingerprint density at radius 2 is 1.88 bits per heavy atom. The van der Waals surface area contributed by atoms with E-state index in [9.17, 15) is 0 Å². The highest BCUT2D eigenvalue weighted by Gasteiger charge is 2.39. The molecule has 0 amide bonds. The van der Waals surface area contributed by atoms with Crippen molar-refractivity contribution >= 4 is 12.6 Å². The van der Waals surface area contributed by atoms with E-state index in [0.717, 1.165) is 5.75 Å². The Hall–Kier alpha value is -0.670. The average molecular weight is 238 g/mol. The summed E-state index contributed by atoms with van der Waals surface area (Å²) in [5, 5.41) is 0. The number of rotatable bonds is 2. The van der Waals surface area contributed by atoms with E-state index in [1.807, 2.05) is 0 Å². The predicted molar refractivity (Wildman–Crippen MR) is 68.7 cm³/mol. The van der Waals surface area contributed by atoms with Crippen LogP contribution in [0.1, 0.15) is 22.3 Å². The largest absolute Gasteiger partial charge is 0.496 e. The van der Waals surface area contributed by atoms with Gasteiger partial charge in [0.15, 0.2) is 0 Å². The summed E-state index contributed by atoms with van der Waals surface area (Å²) in [6, 6.07) is 2.09. The van der Waals surface area contributed by atoms with Crippen LogP contribution in [0.25, 0.3) is 0 Å². The van der Waals surface area contributed by atoms with Crippen LogP contribution in [0.15, 0.2) is 6.07 Å². The van der Waals surface area contributed by atoms with Gasteiger partial charge in [-0.3, -0.25) is 0 Å². The molecule has 1 aliphatic heterocycles.